The number of aryl methyl sites for hydroxylation is 1. The lowest BCUT2D eigenvalue weighted by Crippen LogP contribution is -2.12. The van der Waals surface area contributed by atoms with Crippen molar-refractivity contribution in [1.29, 1.82) is 0 Å². The number of halogens is 1. The quantitative estimate of drug-likeness (QED) is 0.841. The van der Waals surface area contributed by atoms with Gasteiger partial charge in [-0.3, -0.25) is 4.72 Å². The third kappa shape index (κ3) is 4.20. The third-order valence-corrected chi connectivity index (χ3v) is 6.17. The molecule has 2 N–H and O–H groups in total. The second kappa shape index (κ2) is 6.79. The van der Waals surface area contributed by atoms with Crippen molar-refractivity contribution in [2.24, 2.45) is 0 Å². The number of hydrogen-bond donors (Lipinski definition) is 2. The van der Waals surface area contributed by atoms with Crippen molar-refractivity contribution in [3.8, 4) is 0 Å². The fourth-order valence-corrected chi connectivity index (χ4v) is 4.16. The highest BCUT2D eigenvalue weighted by atomic mass is 35.5. The Hall–Kier alpha value is -1.08. The molecule has 2 rings (SSSR count). The average Bonchev–Trinajstić information content (AvgIpc) is 2.90. The van der Waals surface area contributed by atoms with Gasteiger partial charge in [-0.15, -0.1) is 11.3 Å². The first kappa shape index (κ1) is 16.3. The molecule has 0 unspecified atom stereocenters. The van der Waals surface area contributed by atoms with Crippen LogP contribution < -0.4 is 10.0 Å². The number of thiophene rings is 1. The normalized spacial score (nSPS) is 11.6. The molecule has 0 aliphatic rings. The van der Waals surface area contributed by atoms with Gasteiger partial charge in [0, 0.05) is 11.6 Å². The molecule has 0 fully saturated rings. The molecule has 2 aromatic rings. The van der Waals surface area contributed by atoms with Crippen LogP contribution in [-0.2, 0) is 16.6 Å². The summed E-state index contributed by atoms with van der Waals surface area (Å²) in [7, 11) is -3.57. The van der Waals surface area contributed by atoms with Gasteiger partial charge in [-0.05, 0) is 48.2 Å². The van der Waals surface area contributed by atoms with Crippen molar-refractivity contribution < 1.29 is 8.42 Å². The summed E-state index contributed by atoms with van der Waals surface area (Å²) in [4.78, 5) is 0. The Kier molecular flexibility index (Phi) is 5.27. The summed E-state index contributed by atoms with van der Waals surface area (Å²) in [5, 5.41) is 5.55. The number of sulfonamides is 1. The van der Waals surface area contributed by atoms with Gasteiger partial charge in [-0.25, -0.2) is 8.42 Å². The maximum Gasteiger partial charge on any atom is 0.271 e. The summed E-state index contributed by atoms with van der Waals surface area (Å²) < 4.78 is 27.5. The van der Waals surface area contributed by atoms with Crippen LogP contribution in [0, 0.1) is 6.92 Å². The van der Waals surface area contributed by atoms with Crippen molar-refractivity contribution in [3.63, 3.8) is 0 Å². The SMILES string of the molecule is CCNCc1csc(S(=O)(=O)Nc2ccc(C)c(Cl)c2)c1. The lowest BCUT2D eigenvalue weighted by molar-refractivity contribution is 0.603. The van der Waals surface area contributed by atoms with Crippen molar-refractivity contribution in [2.75, 3.05) is 11.3 Å². The van der Waals surface area contributed by atoms with Gasteiger partial charge < -0.3 is 5.32 Å². The van der Waals surface area contributed by atoms with Gasteiger partial charge >= 0.3 is 0 Å². The molecule has 7 heteroatoms. The van der Waals surface area contributed by atoms with E-state index in [4.69, 9.17) is 11.6 Å². The summed E-state index contributed by atoms with van der Waals surface area (Å²) in [6.45, 7) is 5.39. The zero-order chi connectivity index (χ0) is 15.5. The van der Waals surface area contributed by atoms with Gasteiger partial charge in [0.05, 0.1) is 5.69 Å². The highest BCUT2D eigenvalue weighted by Crippen LogP contribution is 2.25. The summed E-state index contributed by atoms with van der Waals surface area (Å²) in [6.07, 6.45) is 0. The second-order valence-electron chi connectivity index (χ2n) is 4.62. The maximum absolute atomic E-state index is 12.3. The van der Waals surface area contributed by atoms with Gasteiger partial charge in [0.1, 0.15) is 4.21 Å². The van der Waals surface area contributed by atoms with E-state index in [-0.39, 0.29) is 0 Å². The zero-order valence-electron chi connectivity index (χ0n) is 11.8. The van der Waals surface area contributed by atoms with Gasteiger partial charge in [0.25, 0.3) is 10.0 Å². The topological polar surface area (TPSA) is 58.2 Å². The predicted molar refractivity (Wildman–Crippen MR) is 88.7 cm³/mol. The van der Waals surface area contributed by atoms with E-state index in [9.17, 15) is 8.42 Å². The number of rotatable bonds is 6. The van der Waals surface area contributed by atoms with Crippen molar-refractivity contribution >= 4 is 38.6 Å². The smallest absolute Gasteiger partial charge is 0.271 e. The lowest BCUT2D eigenvalue weighted by Gasteiger charge is -2.07. The van der Waals surface area contributed by atoms with Crippen molar-refractivity contribution in [1.82, 2.24) is 5.32 Å². The minimum absolute atomic E-state index is 0.298. The molecule has 0 saturated heterocycles. The molecule has 0 spiro atoms. The van der Waals surface area contributed by atoms with Gasteiger partial charge in [0.15, 0.2) is 0 Å². The molecule has 0 radical (unpaired) electrons. The van der Waals surface area contributed by atoms with E-state index in [0.717, 1.165) is 17.7 Å². The van der Waals surface area contributed by atoms with Crippen LogP contribution in [0.5, 0.6) is 0 Å². The average molecular weight is 345 g/mol. The molecule has 0 saturated carbocycles. The second-order valence-corrected chi connectivity index (χ2v) is 7.85. The zero-order valence-corrected chi connectivity index (χ0v) is 14.2. The summed E-state index contributed by atoms with van der Waals surface area (Å²) in [5.74, 6) is 0. The molecular formula is C14H17ClN2O2S2. The number of nitrogens with one attached hydrogen (secondary N) is 2. The molecule has 114 valence electrons. The van der Waals surface area contributed by atoms with Gasteiger partial charge in [-0.2, -0.15) is 0 Å². The minimum Gasteiger partial charge on any atom is -0.313 e. The van der Waals surface area contributed by atoms with E-state index in [1.54, 1.807) is 24.3 Å². The van der Waals surface area contributed by atoms with Crippen molar-refractivity contribution in [3.05, 3.63) is 45.8 Å². The molecule has 0 bridgehead atoms. The number of anilines is 1. The van der Waals surface area contributed by atoms with E-state index in [1.807, 2.05) is 19.2 Å². The Labute approximate surface area is 134 Å². The third-order valence-electron chi connectivity index (χ3n) is 2.90. The molecule has 0 amide bonds. The number of hydrogen-bond acceptors (Lipinski definition) is 4. The predicted octanol–water partition coefficient (Wildman–Crippen LogP) is 3.62. The van der Waals surface area contributed by atoms with Crippen LogP contribution in [0.25, 0.3) is 0 Å². The molecule has 0 aliphatic carbocycles. The van der Waals surface area contributed by atoms with E-state index < -0.39 is 10.0 Å². The summed E-state index contributed by atoms with van der Waals surface area (Å²) in [5.41, 5.74) is 2.33. The van der Waals surface area contributed by atoms with Crippen LogP contribution in [0.2, 0.25) is 5.02 Å². The van der Waals surface area contributed by atoms with Crippen molar-refractivity contribution in [2.45, 2.75) is 24.6 Å². The van der Waals surface area contributed by atoms with Crippen LogP contribution in [0.1, 0.15) is 18.1 Å². The highest BCUT2D eigenvalue weighted by Gasteiger charge is 2.17. The monoisotopic (exact) mass is 344 g/mol. The van der Waals surface area contributed by atoms with E-state index in [2.05, 4.69) is 10.0 Å². The van der Waals surface area contributed by atoms with E-state index in [0.29, 0.717) is 21.5 Å². The lowest BCUT2D eigenvalue weighted by atomic mass is 10.2. The Balaban J connectivity index is 2.17. The summed E-state index contributed by atoms with van der Waals surface area (Å²) >= 11 is 7.22. The minimum atomic E-state index is -3.57. The molecule has 1 aromatic carbocycles. The number of benzene rings is 1. The molecule has 0 aliphatic heterocycles. The first-order valence-electron chi connectivity index (χ1n) is 6.49. The molecule has 21 heavy (non-hydrogen) atoms. The fourth-order valence-electron chi connectivity index (χ4n) is 1.72. The Bertz CT molecular complexity index is 726. The molecule has 1 heterocycles. The van der Waals surface area contributed by atoms with E-state index in [1.165, 1.54) is 11.3 Å². The molecule has 1 aromatic heterocycles. The molecular weight excluding hydrogens is 328 g/mol. The van der Waals surface area contributed by atoms with Crippen LogP contribution in [0.3, 0.4) is 0 Å². The standard InChI is InChI=1S/C14H17ClN2O2S2/c1-3-16-8-11-6-14(20-9-11)21(18,19)17-12-5-4-10(2)13(15)7-12/h4-7,9,16-17H,3,8H2,1-2H3. The van der Waals surface area contributed by atoms with Crippen LogP contribution in [0.4, 0.5) is 5.69 Å². The first-order valence-corrected chi connectivity index (χ1v) is 9.23. The summed E-state index contributed by atoms with van der Waals surface area (Å²) in [6, 6.07) is 6.78. The van der Waals surface area contributed by atoms with Crippen LogP contribution in [-0.4, -0.2) is 15.0 Å². The Morgan fingerprint density at radius 3 is 2.71 bits per heavy atom. The van der Waals surface area contributed by atoms with Crippen LogP contribution >= 0.6 is 22.9 Å². The van der Waals surface area contributed by atoms with E-state index >= 15 is 0 Å². The van der Waals surface area contributed by atoms with Gasteiger partial charge in [0.2, 0.25) is 0 Å². The Morgan fingerprint density at radius 1 is 1.29 bits per heavy atom. The fraction of sp³-hybridized carbons (Fsp3) is 0.286. The highest BCUT2D eigenvalue weighted by molar-refractivity contribution is 7.94. The largest absolute Gasteiger partial charge is 0.313 e. The van der Waals surface area contributed by atoms with Gasteiger partial charge in [-0.1, -0.05) is 24.6 Å². The maximum atomic E-state index is 12.3. The molecule has 4 nitrogen and oxygen atoms in total. The van der Waals surface area contributed by atoms with Crippen LogP contribution in [0.15, 0.2) is 33.9 Å². The molecule has 0 atom stereocenters. The Morgan fingerprint density at radius 2 is 2.05 bits per heavy atom. The first-order chi connectivity index (χ1) is 9.92.